The van der Waals surface area contributed by atoms with Gasteiger partial charge in [0.1, 0.15) is 12.1 Å². The highest BCUT2D eigenvalue weighted by molar-refractivity contribution is 9.10. The van der Waals surface area contributed by atoms with E-state index in [9.17, 15) is 4.79 Å². The van der Waals surface area contributed by atoms with Gasteiger partial charge in [-0.15, -0.1) is 9.94 Å². The van der Waals surface area contributed by atoms with E-state index >= 15 is 0 Å². The van der Waals surface area contributed by atoms with E-state index in [0.717, 1.165) is 10.0 Å². The second kappa shape index (κ2) is 5.13. The van der Waals surface area contributed by atoms with Crippen molar-refractivity contribution < 1.29 is 4.84 Å². The SMILES string of the molecule is Cn1cc(Br)c2nn(OCc3ccccc3)cc2c1=O. The molecule has 0 unspecified atom stereocenters. The van der Waals surface area contributed by atoms with E-state index in [0.29, 0.717) is 17.5 Å². The second-order valence-corrected chi connectivity index (χ2v) is 5.30. The summed E-state index contributed by atoms with van der Waals surface area (Å²) in [5.41, 5.74) is 1.54. The van der Waals surface area contributed by atoms with Gasteiger partial charge in [0, 0.05) is 13.2 Å². The predicted molar refractivity (Wildman–Crippen MR) is 79.4 cm³/mol. The van der Waals surface area contributed by atoms with Crippen LogP contribution in [0.3, 0.4) is 0 Å². The lowest BCUT2D eigenvalue weighted by atomic mass is 10.2. The summed E-state index contributed by atoms with van der Waals surface area (Å²) in [6.07, 6.45) is 3.30. The van der Waals surface area contributed by atoms with Crippen molar-refractivity contribution in [2.75, 3.05) is 0 Å². The summed E-state index contributed by atoms with van der Waals surface area (Å²) in [5.74, 6) is 0. The number of rotatable bonds is 3. The number of aryl methyl sites for hydroxylation is 1. The Kier molecular flexibility index (Phi) is 3.31. The van der Waals surface area contributed by atoms with Crippen LogP contribution in [0, 0.1) is 0 Å². The summed E-state index contributed by atoms with van der Waals surface area (Å²) >= 11 is 3.40. The first-order chi connectivity index (χ1) is 9.65. The monoisotopic (exact) mass is 333 g/mol. The van der Waals surface area contributed by atoms with Gasteiger partial charge in [-0.25, -0.2) is 0 Å². The molecule has 0 aliphatic rings. The number of halogens is 1. The highest BCUT2D eigenvalue weighted by Crippen LogP contribution is 2.18. The molecule has 0 saturated carbocycles. The van der Waals surface area contributed by atoms with Gasteiger partial charge in [0.15, 0.2) is 0 Å². The number of hydrogen-bond donors (Lipinski definition) is 0. The number of pyridine rings is 1. The van der Waals surface area contributed by atoms with Gasteiger partial charge in [0.05, 0.1) is 16.1 Å². The molecule has 0 amide bonds. The molecule has 0 aliphatic heterocycles. The van der Waals surface area contributed by atoms with Crippen LogP contribution >= 0.6 is 15.9 Å². The topological polar surface area (TPSA) is 49.0 Å². The third-order valence-electron chi connectivity index (χ3n) is 2.98. The molecule has 20 heavy (non-hydrogen) atoms. The molecule has 0 atom stereocenters. The van der Waals surface area contributed by atoms with E-state index in [1.165, 1.54) is 9.41 Å². The van der Waals surface area contributed by atoms with Gasteiger partial charge in [-0.05, 0) is 21.5 Å². The van der Waals surface area contributed by atoms with E-state index < -0.39 is 0 Å². The molecule has 1 aromatic carbocycles. The van der Waals surface area contributed by atoms with Crippen molar-refractivity contribution >= 4 is 26.8 Å². The normalized spacial score (nSPS) is 10.9. The van der Waals surface area contributed by atoms with E-state index in [2.05, 4.69) is 21.0 Å². The van der Waals surface area contributed by atoms with E-state index in [-0.39, 0.29) is 5.56 Å². The van der Waals surface area contributed by atoms with Gasteiger partial charge in [0.2, 0.25) is 0 Å². The molecule has 6 heteroatoms. The minimum absolute atomic E-state index is 0.0993. The van der Waals surface area contributed by atoms with Crippen LogP contribution in [-0.2, 0) is 13.7 Å². The molecule has 3 rings (SSSR count). The van der Waals surface area contributed by atoms with Crippen LogP contribution in [0.5, 0.6) is 0 Å². The lowest BCUT2D eigenvalue weighted by molar-refractivity contribution is 0.0715. The van der Waals surface area contributed by atoms with Crippen LogP contribution in [-0.4, -0.2) is 14.5 Å². The third-order valence-corrected chi connectivity index (χ3v) is 3.56. The minimum atomic E-state index is -0.0993. The summed E-state index contributed by atoms with van der Waals surface area (Å²) in [5, 5.41) is 4.79. The van der Waals surface area contributed by atoms with Gasteiger partial charge >= 0.3 is 0 Å². The molecule has 0 spiro atoms. The van der Waals surface area contributed by atoms with Crippen molar-refractivity contribution in [3.05, 3.63) is 63.1 Å². The summed E-state index contributed by atoms with van der Waals surface area (Å²) in [4.78, 5) is 18.9. The molecule has 0 N–H and O–H groups in total. The van der Waals surface area contributed by atoms with Crippen LogP contribution in [0.2, 0.25) is 0 Å². The van der Waals surface area contributed by atoms with Crippen molar-refractivity contribution in [3.8, 4) is 0 Å². The van der Waals surface area contributed by atoms with E-state index in [1.54, 1.807) is 19.4 Å². The van der Waals surface area contributed by atoms with Gasteiger partial charge < -0.3 is 9.40 Å². The fourth-order valence-corrected chi connectivity index (χ4v) is 2.55. The molecule has 3 aromatic rings. The summed E-state index contributed by atoms with van der Waals surface area (Å²) in [7, 11) is 1.70. The smallest absolute Gasteiger partial charge is 0.261 e. The lowest BCUT2D eigenvalue weighted by Crippen LogP contribution is -2.15. The maximum Gasteiger partial charge on any atom is 0.261 e. The molecule has 102 valence electrons. The maximum atomic E-state index is 12.0. The molecule has 0 fully saturated rings. The molecule has 0 radical (unpaired) electrons. The van der Waals surface area contributed by atoms with Crippen molar-refractivity contribution in [2.45, 2.75) is 6.61 Å². The summed E-state index contributed by atoms with van der Waals surface area (Å²) in [6, 6.07) is 9.79. The zero-order chi connectivity index (χ0) is 14.1. The van der Waals surface area contributed by atoms with Gasteiger partial charge in [-0.2, -0.15) is 0 Å². The Morgan fingerprint density at radius 3 is 2.75 bits per heavy atom. The fraction of sp³-hybridized carbons (Fsp3) is 0.143. The standard InChI is InChI=1S/C14H12BrN3O2/c1-17-8-12(15)13-11(14(17)19)7-18(16-13)20-9-10-5-3-2-4-6-10/h2-8H,9H2,1H3. The first-order valence-electron chi connectivity index (χ1n) is 6.07. The summed E-state index contributed by atoms with van der Waals surface area (Å²) in [6.45, 7) is 0.396. The predicted octanol–water partition coefficient (Wildman–Crippen LogP) is 2.13. The zero-order valence-corrected chi connectivity index (χ0v) is 12.4. The first-order valence-corrected chi connectivity index (χ1v) is 6.86. The van der Waals surface area contributed by atoms with E-state index in [1.807, 2.05) is 30.3 Å². The Hall–Kier alpha value is -2.08. The van der Waals surface area contributed by atoms with Crippen molar-refractivity contribution in [3.63, 3.8) is 0 Å². The minimum Gasteiger partial charge on any atom is -0.392 e. The van der Waals surface area contributed by atoms with Crippen LogP contribution in [0.25, 0.3) is 10.9 Å². The molecular formula is C14H12BrN3O2. The van der Waals surface area contributed by atoms with Gasteiger partial charge in [-0.3, -0.25) is 4.79 Å². The Morgan fingerprint density at radius 1 is 1.25 bits per heavy atom. The van der Waals surface area contributed by atoms with Crippen molar-refractivity contribution in [1.82, 2.24) is 14.5 Å². The highest BCUT2D eigenvalue weighted by Gasteiger charge is 2.10. The molecule has 5 nitrogen and oxygen atoms in total. The van der Waals surface area contributed by atoms with Crippen LogP contribution in [0.1, 0.15) is 5.56 Å². The lowest BCUT2D eigenvalue weighted by Gasteiger charge is -2.03. The van der Waals surface area contributed by atoms with E-state index in [4.69, 9.17) is 4.84 Å². The van der Waals surface area contributed by atoms with Crippen molar-refractivity contribution in [2.24, 2.45) is 7.05 Å². The fourth-order valence-electron chi connectivity index (χ4n) is 1.95. The Labute approximate surface area is 123 Å². The number of fused-ring (bicyclic) bond motifs is 1. The molecule has 2 aromatic heterocycles. The molecular weight excluding hydrogens is 322 g/mol. The number of benzene rings is 1. The third kappa shape index (κ3) is 2.34. The quantitative estimate of drug-likeness (QED) is 0.737. The first kappa shape index (κ1) is 12.9. The number of aromatic nitrogens is 3. The van der Waals surface area contributed by atoms with Crippen LogP contribution < -0.4 is 10.4 Å². The van der Waals surface area contributed by atoms with Crippen molar-refractivity contribution in [1.29, 1.82) is 0 Å². The second-order valence-electron chi connectivity index (χ2n) is 4.45. The van der Waals surface area contributed by atoms with Gasteiger partial charge in [-0.1, -0.05) is 30.3 Å². The zero-order valence-electron chi connectivity index (χ0n) is 10.8. The molecule has 0 aliphatic carbocycles. The Balaban J connectivity index is 1.92. The maximum absolute atomic E-state index is 12.0. The van der Waals surface area contributed by atoms with Gasteiger partial charge in [0.25, 0.3) is 5.56 Å². The molecule has 0 bridgehead atoms. The largest absolute Gasteiger partial charge is 0.392 e. The van der Waals surface area contributed by atoms with Crippen LogP contribution in [0.15, 0.2) is 52.0 Å². The average Bonchev–Trinajstić information content (AvgIpc) is 2.89. The molecule has 2 heterocycles. The number of hydrogen-bond acceptors (Lipinski definition) is 3. The Morgan fingerprint density at radius 2 is 2.00 bits per heavy atom. The number of nitrogens with zero attached hydrogens (tertiary/aromatic N) is 3. The van der Waals surface area contributed by atoms with Crippen LogP contribution in [0.4, 0.5) is 0 Å². The Bertz CT molecular complexity index is 808. The average molecular weight is 334 g/mol. The molecule has 0 saturated heterocycles. The highest BCUT2D eigenvalue weighted by atomic mass is 79.9. The summed E-state index contributed by atoms with van der Waals surface area (Å²) < 4.78 is 2.27.